The first-order valence-electron chi connectivity index (χ1n) is 4.87. The van der Waals surface area contributed by atoms with Crippen LogP contribution >= 0.6 is 0 Å². The summed E-state index contributed by atoms with van der Waals surface area (Å²) in [6.45, 7) is 3.64. The first kappa shape index (κ1) is 10.5. The van der Waals surface area contributed by atoms with Crippen molar-refractivity contribution in [2.24, 2.45) is 5.92 Å². The maximum Gasteiger partial charge on any atom is 0.123 e. The van der Waals surface area contributed by atoms with E-state index < -0.39 is 5.60 Å². The number of hydrogen-bond acceptors (Lipinski definition) is 2. The Kier molecular flexibility index (Phi) is 3.26. The molecule has 0 saturated heterocycles. The number of hydrogen-bond donors (Lipinski definition) is 1. The predicted molar refractivity (Wildman–Crippen MR) is 52.4 cm³/mol. The first-order valence-corrected chi connectivity index (χ1v) is 4.87. The van der Waals surface area contributed by atoms with Crippen LogP contribution in [0.4, 0.5) is 0 Å². The fraction of sp³-hybridized carbons (Fsp3) is 0.727. The third kappa shape index (κ3) is 3.73. The lowest BCUT2D eigenvalue weighted by atomic mass is 9.86. The number of allylic oxidation sites excluding steroid dienone is 1. The summed E-state index contributed by atoms with van der Waals surface area (Å²) in [7, 11) is 0. The van der Waals surface area contributed by atoms with Crippen LogP contribution in [-0.2, 0) is 4.79 Å². The second kappa shape index (κ2) is 4.05. The third-order valence-electron chi connectivity index (χ3n) is 2.40. The quantitative estimate of drug-likeness (QED) is 0.536. The first-order chi connectivity index (χ1) is 6.01. The maximum absolute atomic E-state index is 10.5. The Morgan fingerprint density at radius 1 is 1.69 bits per heavy atom. The van der Waals surface area contributed by atoms with Gasteiger partial charge in [-0.3, -0.25) is 0 Å². The van der Waals surface area contributed by atoms with Crippen molar-refractivity contribution in [1.29, 1.82) is 0 Å². The molecule has 1 unspecified atom stereocenters. The summed E-state index contributed by atoms with van der Waals surface area (Å²) in [5, 5.41) is 9.58. The van der Waals surface area contributed by atoms with Crippen molar-refractivity contribution in [2.45, 2.75) is 45.1 Å². The van der Waals surface area contributed by atoms with Gasteiger partial charge in [-0.05, 0) is 39.5 Å². The molecule has 0 heterocycles. The van der Waals surface area contributed by atoms with E-state index in [0.717, 1.165) is 32.0 Å². The van der Waals surface area contributed by atoms with Gasteiger partial charge < -0.3 is 9.90 Å². The average Bonchev–Trinajstić information content (AvgIpc) is 2.03. The Balaban J connectivity index is 2.46. The van der Waals surface area contributed by atoms with Gasteiger partial charge in [0.2, 0.25) is 0 Å². The zero-order valence-corrected chi connectivity index (χ0v) is 8.42. The molecule has 1 aliphatic rings. The van der Waals surface area contributed by atoms with Crippen LogP contribution in [0.3, 0.4) is 0 Å². The van der Waals surface area contributed by atoms with Crippen molar-refractivity contribution < 1.29 is 9.90 Å². The van der Waals surface area contributed by atoms with Gasteiger partial charge in [0.25, 0.3) is 0 Å². The van der Waals surface area contributed by atoms with Gasteiger partial charge in [0.05, 0.1) is 5.60 Å². The number of carbonyl (C=O) groups excluding carboxylic acids is 1. The maximum atomic E-state index is 10.5. The van der Waals surface area contributed by atoms with Gasteiger partial charge in [0.15, 0.2) is 0 Å². The van der Waals surface area contributed by atoms with Crippen LogP contribution in [-0.4, -0.2) is 17.0 Å². The average molecular weight is 182 g/mol. The molecule has 0 aliphatic heterocycles. The van der Waals surface area contributed by atoms with Crippen molar-refractivity contribution in [3.8, 4) is 0 Å². The topological polar surface area (TPSA) is 37.3 Å². The highest BCUT2D eigenvalue weighted by atomic mass is 16.3. The molecule has 0 spiro atoms. The van der Waals surface area contributed by atoms with E-state index >= 15 is 0 Å². The molecule has 13 heavy (non-hydrogen) atoms. The lowest BCUT2D eigenvalue weighted by molar-refractivity contribution is -0.111. The molecule has 0 bridgehead atoms. The summed E-state index contributed by atoms with van der Waals surface area (Å²) in [5.41, 5.74) is 0.686. The fourth-order valence-electron chi connectivity index (χ4n) is 1.75. The summed E-state index contributed by atoms with van der Waals surface area (Å²) >= 11 is 0. The standard InChI is InChI=1S/C11H18O2/c1-11(2,13)7-9-3-5-10(8-12)6-4-9/h3,8,10,13H,4-7H2,1-2H3. The highest BCUT2D eigenvalue weighted by molar-refractivity contribution is 5.54. The predicted octanol–water partition coefficient (Wildman–Crippen LogP) is 2.07. The molecule has 0 aromatic rings. The van der Waals surface area contributed by atoms with Crippen molar-refractivity contribution in [3.05, 3.63) is 11.6 Å². The Morgan fingerprint density at radius 3 is 2.77 bits per heavy atom. The van der Waals surface area contributed by atoms with Crippen LogP contribution in [0.2, 0.25) is 0 Å². The van der Waals surface area contributed by atoms with E-state index in [1.54, 1.807) is 0 Å². The number of aldehydes is 1. The van der Waals surface area contributed by atoms with E-state index in [1.807, 2.05) is 13.8 Å². The number of rotatable bonds is 3. The van der Waals surface area contributed by atoms with Gasteiger partial charge in [-0.2, -0.15) is 0 Å². The van der Waals surface area contributed by atoms with Gasteiger partial charge in [0, 0.05) is 5.92 Å². The largest absolute Gasteiger partial charge is 0.390 e. The third-order valence-corrected chi connectivity index (χ3v) is 2.40. The van der Waals surface area contributed by atoms with Crippen LogP contribution in [0.1, 0.15) is 39.5 Å². The van der Waals surface area contributed by atoms with Crippen LogP contribution < -0.4 is 0 Å². The lowest BCUT2D eigenvalue weighted by Gasteiger charge is -2.23. The lowest BCUT2D eigenvalue weighted by Crippen LogP contribution is -2.20. The molecule has 0 amide bonds. The minimum absolute atomic E-state index is 0.213. The highest BCUT2D eigenvalue weighted by Crippen LogP contribution is 2.27. The molecule has 0 aromatic carbocycles. The number of carbonyl (C=O) groups is 1. The minimum Gasteiger partial charge on any atom is -0.390 e. The molecule has 0 saturated carbocycles. The molecule has 1 rings (SSSR count). The van der Waals surface area contributed by atoms with E-state index in [-0.39, 0.29) is 5.92 Å². The summed E-state index contributed by atoms with van der Waals surface area (Å²) < 4.78 is 0. The van der Waals surface area contributed by atoms with Gasteiger partial charge in [0.1, 0.15) is 6.29 Å². The monoisotopic (exact) mass is 182 g/mol. The zero-order chi connectivity index (χ0) is 9.90. The number of aliphatic hydroxyl groups is 1. The Morgan fingerprint density at radius 2 is 2.38 bits per heavy atom. The molecular formula is C11H18O2. The summed E-state index contributed by atoms with van der Waals surface area (Å²) in [4.78, 5) is 10.5. The molecular weight excluding hydrogens is 164 g/mol. The molecule has 0 fully saturated rings. The van der Waals surface area contributed by atoms with E-state index in [1.165, 1.54) is 5.57 Å². The van der Waals surface area contributed by atoms with Gasteiger partial charge in [-0.15, -0.1) is 0 Å². The van der Waals surface area contributed by atoms with E-state index in [9.17, 15) is 9.90 Å². The molecule has 1 aliphatic carbocycles. The van der Waals surface area contributed by atoms with Crippen molar-refractivity contribution >= 4 is 6.29 Å². The molecule has 0 radical (unpaired) electrons. The summed E-state index contributed by atoms with van der Waals surface area (Å²) in [5.74, 6) is 0.213. The van der Waals surface area contributed by atoms with Gasteiger partial charge in [-0.25, -0.2) is 0 Å². The fourth-order valence-corrected chi connectivity index (χ4v) is 1.75. The molecule has 0 aromatic heterocycles. The van der Waals surface area contributed by atoms with Crippen LogP contribution in [0.5, 0.6) is 0 Å². The summed E-state index contributed by atoms with van der Waals surface area (Å²) in [6.07, 6.45) is 6.66. The van der Waals surface area contributed by atoms with E-state index in [4.69, 9.17) is 0 Å². The van der Waals surface area contributed by atoms with Crippen molar-refractivity contribution in [2.75, 3.05) is 0 Å². The Hall–Kier alpha value is -0.630. The zero-order valence-electron chi connectivity index (χ0n) is 8.42. The Bertz CT molecular complexity index is 211. The van der Waals surface area contributed by atoms with Gasteiger partial charge >= 0.3 is 0 Å². The molecule has 1 N–H and O–H groups in total. The minimum atomic E-state index is -0.611. The van der Waals surface area contributed by atoms with Crippen molar-refractivity contribution in [3.63, 3.8) is 0 Å². The molecule has 2 heteroatoms. The second-order valence-electron chi connectivity index (χ2n) is 4.52. The van der Waals surface area contributed by atoms with Crippen LogP contribution in [0, 0.1) is 5.92 Å². The molecule has 2 nitrogen and oxygen atoms in total. The van der Waals surface area contributed by atoms with E-state index in [0.29, 0.717) is 0 Å². The highest BCUT2D eigenvalue weighted by Gasteiger charge is 2.19. The summed E-state index contributed by atoms with van der Waals surface area (Å²) in [6, 6.07) is 0. The van der Waals surface area contributed by atoms with E-state index in [2.05, 4.69) is 6.08 Å². The molecule has 1 atom stereocenters. The Labute approximate surface area is 79.6 Å². The van der Waals surface area contributed by atoms with Crippen LogP contribution in [0.15, 0.2) is 11.6 Å². The van der Waals surface area contributed by atoms with Crippen LogP contribution in [0.25, 0.3) is 0 Å². The van der Waals surface area contributed by atoms with Gasteiger partial charge in [-0.1, -0.05) is 11.6 Å². The smallest absolute Gasteiger partial charge is 0.123 e. The SMILES string of the molecule is CC(C)(O)CC1=CCC(C=O)CC1. The normalized spacial score (nSPS) is 23.9. The van der Waals surface area contributed by atoms with Crippen molar-refractivity contribution in [1.82, 2.24) is 0 Å². The molecule has 74 valence electrons. The second-order valence-corrected chi connectivity index (χ2v) is 4.52.